The summed E-state index contributed by atoms with van der Waals surface area (Å²) in [5.41, 5.74) is 5.48. The van der Waals surface area contributed by atoms with E-state index in [0.717, 1.165) is 24.7 Å². The molecule has 3 rings (SSSR count). The van der Waals surface area contributed by atoms with E-state index in [1.165, 1.54) is 31.4 Å². The molecule has 21 heavy (non-hydrogen) atoms. The lowest BCUT2D eigenvalue weighted by atomic mass is 9.75. The lowest BCUT2D eigenvalue weighted by Gasteiger charge is -2.39. The maximum atomic E-state index is 12.9. The predicted molar refractivity (Wildman–Crippen MR) is 81.2 cm³/mol. The second-order valence-corrected chi connectivity index (χ2v) is 8.67. The monoisotopic (exact) mass is 321 g/mol. The second kappa shape index (κ2) is 6.31. The number of hydrogen-bond acceptors (Lipinski definition) is 2. The minimum atomic E-state index is -4.23. The fourth-order valence-corrected chi connectivity index (χ4v) is 5.31. The van der Waals surface area contributed by atoms with Gasteiger partial charge in [-0.3, -0.25) is 0 Å². The van der Waals surface area contributed by atoms with Crippen molar-refractivity contribution < 1.29 is 13.2 Å². The standard InChI is InChI=1S/C16H26F3NS/c17-16(18,19)15(20)12-5-6-14(21-9-11-3-4-11)13(8-12)7-10-1-2-10/h10-15H,1-9,20H2. The Morgan fingerprint density at radius 1 is 1.00 bits per heavy atom. The Balaban J connectivity index is 1.56. The summed E-state index contributed by atoms with van der Waals surface area (Å²) in [6, 6.07) is -1.62. The molecular weight excluding hydrogens is 295 g/mol. The average Bonchev–Trinajstić information content (AvgIpc) is 3.30. The highest BCUT2D eigenvalue weighted by Crippen LogP contribution is 2.47. The Kier molecular flexibility index (Phi) is 4.80. The largest absolute Gasteiger partial charge is 0.403 e. The van der Waals surface area contributed by atoms with E-state index < -0.39 is 12.2 Å². The van der Waals surface area contributed by atoms with Gasteiger partial charge in [-0.25, -0.2) is 0 Å². The Hall–Kier alpha value is 0.100. The second-order valence-electron chi connectivity index (χ2n) is 7.39. The highest BCUT2D eigenvalue weighted by molar-refractivity contribution is 7.99. The van der Waals surface area contributed by atoms with E-state index in [4.69, 9.17) is 5.73 Å². The van der Waals surface area contributed by atoms with E-state index >= 15 is 0 Å². The van der Waals surface area contributed by atoms with Crippen molar-refractivity contribution >= 4 is 11.8 Å². The Morgan fingerprint density at radius 3 is 2.24 bits per heavy atom. The van der Waals surface area contributed by atoms with E-state index in [9.17, 15) is 13.2 Å². The summed E-state index contributed by atoms with van der Waals surface area (Å²) >= 11 is 2.05. The number of rotatable bonds is 6. The number of halogens is 3. The highest BCUT2D eigenvalue weighted by Gasteiger charge is 2.45. The van der Waals surface area contributed by atoms with Crippen molar-refractivity contribution in [2.24, 2.45) is 29.4 Å². The van der Waals surface area contributed by atoms with Crippen molar-refractivity contribution in [3.63, 3.8) is 0 Å². The average molecular weight is 321 g/mol. The molecule has 0 bridgehead atoms. The first-order valence-corrected chi connectivity index (χ1v) is 9.42. The molecule has 3 aliphatic carbocycles. The molecule has 0 aromatic carbocycles. The summed E-state index contributed by atoms with van der Waals surface area (Å²) in [5.74, 6) is 3.02. The van der Waals surface area contributed by atoms with Gasteiger partial charge in [0, 0.05) is 5.25 Å². The maximum Gasteiger partial charge on any atom is 0.403 e. The summed E-state index contributed by atoms with van der Waals surface area (Å²) in [7, 11) is 0. The van der Waals surface area contributed by atoms with Crippen molar-refractivity contribution in [1.82, 2.24) is 0 Å². The maximum absolute atomic E-state index is 12.9. The zero-order valence-electron chi connectivity index (χ0n) is 12.4. The number of nitrogens with two attached hydrogens (primary N) is 1. The smallest absolute Gasteiger partial charge is 0.320 e. The Labute approximate surface area is 129 Å². The Bertz CT molecular complexity index is 352. The molecule has 3 aliphatic rings. The first kappa shape index (κ1) is 16.0. The molecule has 0 aromatic rings. The molecular formula is C16H26F3NS. The van der Waals surface area contributed by atoms with Gasteiger partial charge in [0.1, 0.15) is 6.04 Å². The Morgan fingerprint density at radius 2 is 1.67 bits per heavy atom. The van der Waals surface area contributed by atoms with Gasteiger partial charge in [0.25, 0.3) is 0 Å². The van der Waals surface area contributed by atoms with Crippen LogP contribution in [-0.2, 0) is 0 Å². The van der Waals surface area contributed by atoms with Gasteiger partial charge in [-0.05, 0) is 67.9 Å². The first-order valence-electron chi connectivity index (χ1n) is 8.37. The number of alkyl halides is 3. The number of thioether (sulfide) groups is 1. The van der Waals surface area contributed by atoms with Crippen LogP contribution in [0.25, 0.3) is 0 Å². The van der Waals surface area contributed by atoms with Gasteiger partial charge < -0.3 is 5.73 Å². The summed E-state index contributed by atoms with van der Waals surface area (Å²) in [5, 5.41) is 0.586. The minimum absolute atomic E-state index is 0.355. The number of hydrogen-bond donors (Lipinski definition) is 1. The molecule has 0 saturated heterocycles. The van der Waals surface area contributed by atoms with Crippen LogP contribution >= 0.6 is 11.8 Å². The van der Waals surface area contributed by atoms with Crippen molar-refractivity contribution in [3.05, 3.63) is 0 Å². The molecule has 0 aromatic heterocycles. The van der Waals surface area contributed by atoms with Gasteiger partial charge in [-0.15, -0.1) is 0 Å². The summed E-state index contributed by atoms with van der Waals surface area (Å²) < 4.78 is 38.6. The van der Waals surface area contributed by atoms with Gasteiger partial charge in [0.15, 0.2) is 0 Å². The van der Waals surface area contributed by atoms with Crippen LogP contribution in [0.3, 0.4) is 0 Å². The van der Waals surface area contributed by atoms with Crippen LogP contribution in [0.5, 0.6) is 0 Å². The fraction of sp³-hybridized carbons (Fsp3) is 1.00. The molecule has 2 N–H and O–H groups in total. The fourth-order valence-electron chi connectivity index (χ4n) is 3.66. The molecule has 1 nitrogen and oxygen atoms in total. The summed E-state index contributed by atoms with van der Waals surface area (Å²) in [4.78, 5) is 0. The molecule has 122 valence electrons. The van der Waals surface area contributed by atoms with Gasteiger partial charge in [-0.1, -0.05) is 12.8 Å². The predicted octanol–water partition coefficient (Wildman–Crippen LogP) is 4.60. The third-order valence-corrected chi connectivity index (χ3v) is 7.13. The molecule has 3 saturated carbocycles. The molecule has 0 radical (unpaired) electrons. The molecule has 0 amide bonds. The first-order chi connectivity index (χ1) is 9.93. The summed E-state index contributed by atoms with van der Waals surface area (Å²) in [6.07, 6.45) is 4.47. The molecule has 0 aliphatic heterocycles. The molecule has 4 unspecified atom stereocenters. The van der Waals surface area contributed by atoms with Crippen LogP contribution < -0.4 is 5.73 Å². The van der Waals surface area contributed by atoms with Gasteiger partial charge in [0.05, 0.1) is 0 Å². The molecule has 4 atom stereocenters. The normalized spacial score (nSPS) is 35.7. The van der Waals surface area contributed by atoms with Crippen LogP contribution in [-0.4, -0.2) is 23.2 Å². The van der Waals surface area contributed by atoms with Crippen LogP contribution in [0.1, 0.15) is 51.4 Å². The van der Waals surface area contributed by atoms with Crippen molar-refractivity contribution in [2.45, 2.75) is 68.8 Å². The van der Waals surface area contributed by atoms with Crippen LogP contribution in [0.15, 0.2) is 0 Å². The SMILES string of the molecule is NC(C1CCC(SCC2CC2)C(CC2CC2)C1)C(F)(F)F. The van der Waals surface area contributed by atoms with Crippen LogP contribution in [0, 0.1) is 23.7 Å². The van der Waals surface area contributed by atoms with Gasteiger partial charge in [-0.2, -0.15) is 24.9 Å². The molecule has 3 fully saturated rings. The molecule has 0 spiro atoms. The topological polar surface area (TPSA) is 26.0 Å². The van der Waals surface area contributed by atoms with E-state index in [0.29, 0.717) is 24.0 Å². The minimum Gasteiger partial charge on any atom is -0.320 e. The van der Waals surface area contributed by atoms with Crippen molar-refractivity contribution in [3.8, 4) is 0 Å². The molecule has 5 heteroatoms. The highest BCUT2D eigenvalue weighted by atomic mass is 32.2. The lowest BCUT2D eigenvalue weighted by molar-refractivity contribution is -0.162. The zero-order valence-corrected chi connectivity index (χ0v) is 13.3. The lowest BCUT2D eigenvalue weighted by Crippen LogP contribution is -2.46. The quantitative estimate of drug-likeness (QED) is 0.773. The van der Waals surface area contributed by atoms with Gasteiger partial charge in [0.2, 0.25) is 0 Å². The van der Waals surface area contributed by atoms with E-state index in [-0.39, 0.29) is 5.92 Å². The molecule has 0 heterocycles. The zero-order chi connectivity index (χ0) is 15.0. The van der Waals surface area contributed by atoms with Crippen molar-refractivity contribution in [1.29, 1.82) is 0 Å². The van der Waals surface area contributed by atoms with Crippen LogP contribution in [0.4, 0.5) is 13.2 Å². The van der Waals surface area contributed by atoms with Crippen LogP contribution in [0.2, 0.25) is 0 Å². The third-order valence-electron chi connectivity index (χ3n) is 5.42. The third kappa shape index (κ3) is 4.54. The summed E-state index contributed by atoms with van der Waals surface area (Å²) in [6.45, 7) is 0. The van der Waals surface area contributed by atoms with E-state index in [2.05, 4.69) is 0 Å². The van der Waals surface area contributed by atoms with E-state index in [1.54, 1.807) is 0 Å². The van der Waals surface area contributed by atoms with Crippen molar-refractivity contribution in [2.75, 3.05) is 5.75 Å². The van der Waals surface area contributed by atoms with E-state index in [1.807, 2.05) is 11.8 Å². The van der Waals surface area contributed by atoms with Gasteiger partial charge >= 0.3 is 6.18 Å².